The van der Waals surface area contributed by atoms with Gasteiger partial charge in [0.25, 0.3) is 11.8 Å². The summed E-state index contributed by atoms with van der Waals surface area (Å²) in [6.45, 7) is 5.64. The van der Waals surface area contributed by atoms with Crippen LogP contribution < -0.4 is 10.9 Å². The fraction of sp³-hybridized carbons (Fsp3) is 0.818. The van der Waals surface area contributed by atoms with Gasteiger partial charge >= 0.3 is 22.5 Å². The molecule has 208 valence electrons. The highest BCUT2D eigenvalue weighted by Crippen LogP contribution is 2.39. The summed E-state index contributed by atoms with van der Waals surface area (Å²) in [5, 5.41) is 0.544. The molecule has 1 aliphatic carbocycles. The van der Waals surface area contributed by atoms with Crippen LogP contribution in [0.5, 0.6) is 0 Å². The number of hydrazine groups is 1. The van der Waals surface area contributed by atoms with E-state index in [-0.39, 0.29) is 25.3 Å². The second kappa shape index (κ2) is 10.3. The maximum Gasteiger partial charge on any atom is 0.418 e. The first kappa shape index (κ1) is 27.4. The minimum atomic E-state index is -4.90. The maximum absolute atomic E-state index is 13.2. The van der Waals surface area contributed by atoms with E-state index in [1.807, 2.05) is 0 Å². The number of amides is 5. The molecule has 0 aromatic rings. The monoisotopic (exact) mass is 545 g/mol. The molecule has 0 spiro atoms. The van der Waals surface area contributed by atoms with Gasteiger partial charge in [-0.1, -0.05) is 12.8 Å². The molecule has 3 N–H and O–H groups in total. The molecule has 0 aromatic heterocycles. The number of hydrogen-bond donors (Lipinski definition) is 3. The summed E-state index contributed by atoms with van der Waals surface area (Å²) in [5.74, 6) is -0.275. The number of piperidine rings is 2. The lowest BCUT2D eigenvalue weighted by atomic mass is 9.86. The average molecular weight is 546 g/mol. The number of ether oxygens (including phenoxy) is 1. The van der Waals surface area contributed by atoms with E-state index in [1.54, 1.807) is 20.8 Å². The molecule has 0 unspecified atom stereocenters. The molecular weight excluding hydrogens is 510 g/mol. The summed E-state index contributed by atoms with van der Waals surface area (Å²) >= 11 is 0. The Morgan fingerprint density at radius 2 is 1.65 bits per heavy atom. The van der Waals surface area contributed by atoms with Gasteiger partial charge in [-0.3, -0.25) is 29.9 Å². The Morgan fingerprint density at radius 3 is 2.24 bits per heavy atom. The largest absolute Gasteiger partial charge is 0.444 e. The first-order valence-corrected chi connectivity index (χ1v) is 13.9. The Bertz CT molecular complexity index is 1040. The fourth-order valence-electron chi connectivity index (χ4n) is 5.26. The summed E-state index contributed by atoms with van der Waals surface area (Å²) in [6.07, 6.45) is 4.45. The van der Waals surface area contributed by atoms with Crippen LogP contribution in [0.4, 0.5) is 9.59 Å². The highest BCUT2D eigenvalue weighted by molar-refractivity contribution is 7.80. The topological polar surface area (TPSA) is 175 Å². The summed E-state index contributed by atoms with van der Waals surface area (Å²) in [7, 11) is -4.90. The number of rotatable bonds is 6. The second-order valence-corrected chi connectivity index (χ2v) is 12.3. The van der Waals surface area contributed by atoms with Gasteiger partial charge in [0.05, 0.1) is 6.04 Å². The molecular formula is C22H35N5O9S. The van der Waals surface area contributed by atoms with Crippen LogP contribution in [0.1, 0.15) is 65.7 Å². The molecule has 3 aliphatic heterocycles. The highest BCUT2D eigenvalue weighted by Gasteiger charge is 2.49. The number of carbonyl (C=O) groups is 4. The van der Waals surface area contributed by atoms with Crippen LogP contribution in [0.25, 0.3) is 0 Å². The van der Waals surface area contributed by atoms with E-state index < -0.39 is 58.1 Å². The lowest BCUT2D eigenvalue weighted by molar-refractivity contribution is -0.135. The van der Waals surface area contributed by atoms with E-state index in [9.17, 15) is 27.6 Å². The number of urea groups is 1. The minimum Gasteiger partial charge on any atom is -0.444 e. The Balaban J connectivity index is 1.37. The molecule has 3 saturated heterocycles. The Morgan fingerprint density at radius 1 is 1.00 bits per heavy atom. The van der Waals surface area contributed by atoms with Gasteiger partial charge in [-0.05, 0) is 64.7 Å². The predicted octanol–water partition coefficient (Wildman–Crippen LogP) is 0.953. The standard InChI is InChI=1S/C22H35N5O9S/c1-22(2,3)35-21(31)25-9-8-14(10-13-4-5-13)11-17(25)19(29)24-23-18(28)16-7-6-15-12-26(16)20(30)27(15)36-37(32,33)34/h13-17H,4-12H2,1-3H3,(H,23,28)(H,24,29)(H,32,33,34)/t14-,15+,16-,17-/m0/s1. The summed E-state index contributed by atoms with van der Waals surface area (Å²) < 4.78 is 40.9. The number of nitrogens with one attached hydrogen (secondary N) is 2. The highest BCUT2D eigenvalue weighted by atomic mass is 32.3. The van der Waals surface area contributed by atoms with Gasteiger partial charge in [0.2, 0.25) is 0 Å². The number of nitrogens with zero attached hydrogens (tertiary/aromatic N) is 3. The summed E-state index contributed by atoms with van der Waals surface area (Å²) in [6, 6.07) is -3.32. The lowest BCUT2D eigenvalue weighted by Gasteiger charge is -2.39. The molecule has 4 atom stereocenters. The van der Waals surface area contributed by atoms with Crippen molar-refractivity contribution >= 4 is 34.3 Å². The molecule has 1 saturated carbocycles. The van der Waals surface area contributed by atoms with Gasteiger partial charge in [-0.25, -0.2) is 9.59 Å². The van der Waals surface area contributed by atoms with Crippen molar-refractivity contribution in [3.63, 3.8) is 0 Å². The molecule has 14 nitrogen and oxygen atoms in total. The van der Waals surface area contributed by atoms with Gasteiger partial charge in [0.15, 0.2) is 0 Å². The van der Waals surface area contributed by atoms with Crippen molar-refractivity contribution in [2.45, 2.75) is 89.4 Å². The van der Waals surface area contributed by atoms with Crippen LogP contribution in [-0.4, -0.2) is 88.6 Å². The fourth-order valence-corrected chi connectivity index (χ4v) is 5.65. The number of carbonyl (C=O) groups excluding carboxylic acids is 4. The molecule has 37 heavy (non-hydrogen) atoms. The second-order valence-electron chi connectivity index (χ2n) is 11.2. The van der Waals surface area contributed by atoms with Crippen molar-refractivity contribution in [1.82, 2.24) is 25.7 Å². The van der Waals surface area contributed by atoms with Crippen LogP contribution >= 0.6 is 0 Å². The first-order valence-electron chi connectivity index (χ1n) is 12.6. The summed E-state index contributed by atoms with van der Waals surface area (Å²) in [5.41, 5.74) is 4.03. The lowest BCUT2D eigenvalue weighted by Crippen LogP contribution is -2.59. The van der Waals surface area contributed by atoms with Gasteiger partial charge in [0, 0.05) is 13.1 Å². The molecule has 5 amide bonds. The predicted molar refractivity (Wildman–Crippen MR) is 126 cm³/mol. The van der Waals surface area contributed by atoms with Crippen LogP contribution in [0.2, 0.25) is 0 Å². The smallest absolute Gasteiger partial charge is 0.418 e. The maximum atomic E-state index is 13.2. The van der Waals surface area contributed by atoms with E-state index in [0.29, 0.717) is 23.9 Å². The molecule has 0 radical (unpaired) electrons. The zero-order chi connectivity index (χ0) is 27.1. The molecule has 2 bridgehead atoms. The van der Waals surface area contributed by atoms with Crippen molar-refractivity contribution in [2.75, 3.05) is 13.1 Å². The minimum absolute atomic E-state index is 0.0261. The third-order valence-corrected chi connectivity index (χ3v) is 7.46. The van der Waals surface area contributed by atoms with Crippen molar-refractivity contribution in [3.05, 3.63) is 0 Å². The Kier molecular flexibility index (Phi) is 7.59. The van der Waals surface area contributed by atoms with Gasteiger partial charge in [-0.15, -0.1) is 4.28 Å². The Labute approximate surface area is 215 Å². The normalized spacial score (nSPS) is 28.2. The molecule has 15 heteroatoms. The molecule has 4 rings (SSSR count). The van der Waals surface area contributed by atoms with Crippen LogP contribution in [0.15, 0.2) is 0 Å². The van der Waals surface area contributed by atoms with Crippen LogP contribution in [0, 0.1) is 11.8 Å². The van der Waals surface area contributed by atoms with E-state index in [2.05, 4.69) is 15.1 Å². The average Bonchev–Trinajstić information content (AvgIpc) is 3.58. The zero-order valence-electron chi connectivity index (χ0n) is 21.2. The van der Waals surface area contributed by atoms with Crippen molar-refractivity contribution in [3.8, 4) is 0 Å². The SMILES string of the molecule is CC(C)(C)OC(=O)N1CC[C@@H](CC2CC2)C[C@H]1C(=O)NNC(=O)[C@@H]1CC[C@@H]2CN1C(=O)N2OS(=O)(=O)O. The quantitative estimate of drug-likeness (QED) is 0.324. The van der Waals surface area contributed by atoms with Crippen molar-refractivity contribution < 1.29 is 41.2 Å². The van der Waals surface area contributed by atoms with Gasteiger partial charge in [0.1, 0.15) is 17.7 Å². The molecule has 4 aliphatic rings. The first-order chi connectivity index (χ1) is 17.2. The molecule has 0 aromatic carbocycles. The van der Waals surface area contributed by atoms with Crippen LogP contribution in [0.3, 0.4) is 0 Å². The Hall–Kier alpha value is -2.65. The number of hydroxylamine groups is 2. The summed E-state index contributed by atoms with van der Waals surface area (Å²) in [4.78, 5) is 53.9. The van der Waals surface area contributed by atoms with Gasteiger partial charge in [-0.2, -0.15) is 13.5 Å². The van der Waals surface area contributed by atoms with Crippen LogP contribution in [-0.2, 0) is 29.0 Å². The number of hydrogen-bond acceptors (Lipinski definition) is 8. The zero-order valence-corrected chi connectivity index (χ0v) is 22.0. The van der Waals surface area contributed by atoms with E-state index >= 15 is 0 Å². The number of fused-ring (bicyclic) bond motifs is 2. The van der Waals surface area contributed by atoms with Crippen molar-refractivity contribution in [1.29, 1.82) is 0 Å². The third-order valence-electron chi connectivity index (χ3n) is 7.11. The third kappa shape index (κ3) is 6.82. The number of likely N-dealkylation sites (tertiary alicyclic amines) is 1. The molecule has 4 fully saturated rings. The van der Waals surface area contributed by atoms with E-state index in [4.69, 9.17) is 9.29 Å². The van der Waals surface area contributed by atoms with Crippen molar-refractivity contribution in [2.24, 2.45) is 11.8 Å². The molecule has 3 heterocycles. The van der Waals surface area contributed by atoms with E-state index in [0.717, 1.165) is 17.7 Å². The van der Waals surface area contributed by atoms with E-state index in [1.165, 1.54) is 17.7 Å². The van der Waals surface area contributed by atoms with Gasteiger partial charge < -0.3 is 9.64 Å².